The smallest absolute Gasteiger partial charge is 0.238 e. The lowest BCUT2D eigenvalue weighted by Crippen LogP contribution is -2.30. The van der Waals surface area contributed by atoms with E-state index in [2.05, 4.69) is 10.3 Å². The van der Waals surface area contributed by atoms with Crippen LogP contribution in [-0.2, 0) is 11.3 Å². The third-order valence-corrected chi connectivity index (χ3v) is 4.29. The highest BCUT2D eigenvalue weighted by Crippen LogP contribution is 2.29. The molecule has 1 heterocycles. The van der Waals surface area contributed by atoms with Crippen molar-refractivity contribution in [1.82, 2.24) is 9.88 Å². The van der Waals surface area contributed by atoms with Crippen molar-refractivity contribution < 1.29 is 9.21 Å². The first-order chi connectivity index (χ1) is 12.5. The number of anilines is 1. The van der Waals surface area contributed by atoms with Gasteiger partial charge in [-0.25, -0.2) is 4.98 Å². The molecule has 1 N–H and O–H groups in total. The summed E-state index contributed by atoms with van der Waals surface area (Å²) in [5.74, 6) is 1.01. The lowest BCUT2D eigenvalue weighted by atomic mass is 10.2. The molecule has 134 valence electrons. The predicted octanol–water partition coefficient (Wildman–Crippen LogP) is 4.72. The van der Waals surface area contributed by atoms with Gasteiger partial charge in [-0.1, -0.05) is 59.6 Å². The Morgan fingerprint density at radius 1 is 1.12 bits per heavy atom. The zero-order valence-electron chi connectivity index (χ0n) is 14.1. The second kappa shape index (κ2) is 8.36. The molecule has 7 heteroatoms. The molecule has 0 saturated heterocycles. The lowest BCUT2D eigenvalue weighted by Gasteiger charge is -2.15. The van der Waals surface area contributed by atoms with Gasteiger partial charge in [0.15, 0.2) is 5.76 Å². The van der Waals surface area contributed by atoms with E-state index < -0.39 is 0 Å². The number of hydrogen-bond acceptors (Lipinski definition) is 4. The van der Waals surface area contributed by atoms with Crippen LogP contribution in [0, 0.1) is 0 Å². The van der Waals surface area contributed by atoms with Gasteiger partial charge >= 0.3 is 0 Å². The molecule has 2 aromatic carbocycles. The zero-order chi connectivity index (χ0) is 18.5. The number of rotatable bonds is 6. The largest absolute Gasteiger partial charge is 0.439 e. The molecule has 1 aromatic heterocycles. The van der Waals surface area contributed by atoms with Crippen molar-refractivity contribution >= 4 is 34.8 Å². The summed E-state index contributed by atoms with van der Waals surface area (Å²) in [5, 5.41) is 3.52. The van der Waals surface area contributed by atoms with E-state index in [0.29, 0.717) is 33.9 Å². The van der Waals surface area contributed by atoms with Gasteiger partial charge in [-0.05, 0) is 19.2 Å². The van der Waals surface area contributed by atoms with E-state index in [9.17, 15) is 4.79 Å². The minimum Gasteiger partial charge on any atom is -0.439 e. The van der Waals surface area contributed by atoms with Gasteiger partial charge in [0.2, 0.25) is 11.8 Å². The fraction of sp³-hybridized carbons (Fsp3) is 0.158. The topological polar surface area (TPSA) is 58.4 Å². The van der Waals surface area contributed by atoms with Crippen LogP contribution in [0.3, 0.4) is 0 Å². The highest BCUT2D eigenvalue weighted by atomic mass is 35.5. The van der Waals surface area contributed by atoms with E-state index in [4.69, 9.17) is 27.6 Å². The van der Waals surface area contributed by atoms with Gasteiger partial charge in [-0.2, -0.15) is 0 Å². The number of nitrogens with zero attached hydrogens (tertiary/aromatic N) is 2. The molecule has 3 aromatic rings. The second-order valence-corrected chi connectivity index (χ2v) is 6.62. The van der Waals surface area contributed by atoms with Gasteiger partial charge in [0, 0.05) is 5.56 Å². The molecule has 26 heavy (non-hydrogen) atoms. The number of hydrogen-bond donors (Lipinski definition) is 1. The molecule has 5 nitrogen and oxygen atoms in total. The number of oxazole rings is 1. The molecule has 1 amide bonds. The van der Waals surface area contributed by atoms with Crippen molar-refractivity contribution in [3.05, 3.63) is 70.7 Å². The minimum absolute atomic E-state index is 0.143. The third kappa shape index (κ3) is 4.64. The van der Waals surface area contributed by atoms with Crippen LogP contribution in [0.1, 0.15) is 5.89 Å². The summed E-state index contributed by atoms with van der Waals surface area (Å²) in [5.41, 5.74) is 1.37. The maximum absolute atomic E-state index is 12.2. The molecule has 0 atom stereocenters. The van der Waals surface area contributed by atoms with Crippen LogP contribution in [0.4, 0.5) is 5.69 Å². The summed E-state index contributed by atoms with van der Waals surface area (Å²) >= 11 is 12.1. The van der Waals surface area contributed by atoms with E-state index in [1.54, 1.807) is 36.3 Å². The average Bonchev–Trinajstić information content (AvgIpc) is 3.07. The van der Waals surface area contributed by atoms with Crippen molar-refractivity contribution in [2.75, 3.05) is 18.9 Å². The first-order valence-corrected chi connectivity index (χ1v) is 8.71. The second-order valence-electron chi connectivity index (χ2n) is 5.80. The normalized spacial score (nSPS) is 10.9. The molecule has 0 aliphatic rings. The van der Waals surface area contributed by atoms with E-state index in [1.807, 2.05) is 30.3 Å². The van der Waals surface area contributed by atoms with Crippen molar-refractivity contribution in [2.24, 2.45) is 0 Å². The Morgan fingerprint density at radius 2 is 1.81 bits per heavy atom. The molecule has 0 bridgehead atoms. The van der Waals surface area contributed by atoms with E-state index in [-0.39, 0.29) is 12.5 Å². The van der Waals surface area contributed by atoms with Crippen LogP contribution >= 0.6 is 23.2 Å². The molecule has 0 aliphatic carbocycles. The van der Waals surface area contributed by atoms with Gasteiger partial charge in [-0.3, -0.25) is 9.69 Å². The van der Waals surface area contributed by atoms with Crippen LogP contribution in [-0.4, -0.2) is 29.4 Å². The SMILES string of the molecule is CN(CC(=O)Nc1c(Cl)cccc1Cl)Cc1ncc(-c2ccccc2)o1. The Labute approximate surface area is 161 Å². The number of likely N-dealkylation sites (N-methyl/N-ethyl adjacent to an activating group) is 1. The van der Waals surface area contributed by atoms with Crippen molar-refractivity contribution in [3.8, 4) is 11.3 Å². The van der Waals surface area contributed by atoms with E-state index >= 15 is 0 Å². The third-order valence-electron chi connectivity index (χ3n) is 3.66. The molecule has 0 fully saturated rings. The Kier molecular flexibility index (Phi) is 5.93. The zero-order valence-corrected chi connectivity index (χ0v) is 15.6. The Balaban J connectivity index is 1.58. The average molecular weight is 390 g/mol. The highest BCUT2D eigenvalue weighted by molar-refractivity contribution is 6.39. The molecule has 0 spiro atoms. The first-order valence-electron chi connectivity index (χ1n) is 7.95. The molecular formula is C19H17Cl2N3O2. The number of nitrogens with one attached hydrogen (secondary N) is 1. The van der Waals surface area contributed by atoms with Crippen LogP contribution in [0.5, 0.6) is 0 Å². The lowest BCUT2D eigenvalue weighted by molar-refractivity contribution is -0.117. The number of carbonyl (C=O) groups excluding carboxylic acids is 1. The number of amides is 1. The van der Waals surface area contributed by atoms with Crippen LogP contribution < -0.4 is 5.32 Å². The molecule has 0 radical (unpaired) electrons. The maximum atomic E-state index is 12.2. The quantitative estimate of drug-likeness (QED) is 0.662. The number of benzene rings is 2. The van der Waals surface area contributed by atoms with E-state index in [0.717, 1.165) is 5.56 Å². The minimum atomic E-state index is -0.225. The van der Waals surface area contributed by atoms with E-state index in [1.165, 1.54) is 0 Å². The summed E-state index contributed by atoms with van der Waals surface area (Å²) in [6.45, 7) is 0.543. The van der Waals surface area contributed by atoms with Gasteiger partial charge in [-0.15, -0.1) is 0 Å². The van der Waals surface area contributed by atoms with Crippen LogP contribution in [0.2, 0.25) is 10.0 Å². The summed E-state index contributed by atoms with van der Waals surface area (Å²) in [4.78, 5) is 18.3. The van der Waals surface area contributed by atoms with Gasteiger partial charge in [0.25, 0.3) is 0 Å². The van der Waals surface area contributed by atoms with Gasteiger partial charge in [0.05, 0.1) is 35.0 Å². The summed E-state index contributed by atoms with van der Waals surface area (Å²) in [6, 6.07) is 14.8. The highest BCUT2D eigenvalue weighted by Gasteiger charge is 2.14. The number of halogens is 2. The molecule has 0 unspecified atom stereocenters. The molecule has 0 aliphatic heterocycles. The fourth-order valence-corrected chi connectivity index (χ4v) is 2.94. The van der Waals surface area contributed by atoms with Gasteiger partial charge in [0.1, 0.15) is 0 Å². The Bertz CT molecular complexity index is 877. The predicted molar refractivity (Wildman–Crippen MR) is 103 cm³/mol. The van der Waals surface area contributed by atoms with Crippen molar-refractivity contribution in [2.45, 2.75) is 6.54 Å². The summed E-state index contributed by atoms with van der Waals surface area (Å²) < 4.78 is 5.75. The van der Waals surface area contributed by atoms with Gasteiger partial charge < -0.3 is 9.73 Å². The number of carbonyl (C=O) groups is 1. The van der Waals surface area contributed by atoms with Crippen molar-refractivity contribution in [3.63, 3.8) is 0 Å². The maximum Gasteiger partial charge on any atom is 0.238 e. The first kappa shape index (κ1) is 18.5. The number of aromatic nitrogens is 1. The standard InChI is InChI=1S/C19H17Cl2N3O2/c1-24(11-17(25)23-19-14(20)8-5-9-15(19)21)12-18-22-10-16(26-18)13-6-3-2-4-7-13/h2-10H,11-12H2,1H3,(H,23,25). The monoisotopic (exact) mass is 389 g/mol. The molecule has 3 rings (SSSR count). The summed E-state index contributed by atoms with van der Waals surface area (Å²) in [6.07, 6.45) is 1.68. The Morgan fingerprint density at radius 3 is 2.50 bits per heavy atom. The molecule has 0 saturated carbocycles. The molecular weight excluding hydrogens is 373 g/mol. The van der Waals surface area contributed by atoms with Crippen LogP contribution in [0.15, 0.2) is 59.1 Å². The summed E-state index contributed by atoms with van der Waals surface area (Å²) in [7, 11) is 1.81. The Hall–Kier alpha value is -2.34. The fourth-order valence-electron chi connectivity index (χ4n) is 2.45. The van der Waals surface area contributed by atoms with Crippen LogP contribution in [0.25, 0.3) is 11.3 Å². The number of para-hydroxylation sites is 1. The van der Waals surface area contributed by atoms with Crippen molar-refractivity contribution in [1.29, 1.82) is 0 Å².